The maximum atomic E-state index is 5.54. The summed E-state index contributed by atoms with van der Waals surface area (Å²) in [5.41, 5.74) is 1.65. The smallest absolute Gasteiger partial charge is 0.227 e. The fourth-order valence-corrected chi connectivity index (χ4v) is 2.05. The summed E-state index contributed by atoms with van der Waals surface area (Å²) in [6, 6.07) is 0. The molecule has 0 aliphatic rings. The van der Waals surface area contributed by atoms with Crippen LogP contribution in [0.1, 0.15) is 25.7 Å². The minimum absolute atomic E-state index is 0.428. The first-order valence-corrected chi connectivity index (χ1v) is 8.11. The van der Waals surface area contributed by atoms with Crippen molar-refractivity contribution in [1.82, 2.24) is 24.6 Å². The van der Waals surface area contributed by atoms with Crippen LogP contribution in [0.25, 0.3) is 0 Å². The standard InChI is InChI=1S/C16H26N6O2/c1-5-23-15(24-6-2)13-9-17-16(18-10-13)20-14-11-19-22(12-14)8-7-21(3)4/h9-12,15H,5-8H2,1-4H3,(H,17,18,20). The van der Waals surface area contributed by atoms with Gasteiger partial charge in [-0.2, -0.15) is 5.10 Å². The molecular formula is C16H26N6O2. The molecule has 0 radical (unpaired) electrons. The highest BCUT2D eigenvalue weighted by atomic mass is 16.7. The minimum Gasteiger partial charge on any atom is -0.349 e. The number of hydrogen-bond donors (Lipinski definition) is 1. The summed E-state index contributed by atoms with van der Waals surface area (Å²) in [6.07, 6.45) is 6.69. The summed E-state index contributed by atoms with van der Waals surface area (Å²) in [5.74, 6) is 0.512. The highest BCUT2D eigenvalue weighted by molar-refractivity contribution is 5.50. The predicted molar refractivity (Wildman–Crippen MR) is 92.1 cm³/mol. The lowest BCUT2D eigenvalue weighted by atomic mass is 10.3. The molecule has 2 aromatic heterocycles. The Morgan fingerprint density at radius 2 is 1.79 bits per heavy atom. The van der Waals surface area contributed by atoms with Crippen LogP contribution in [0.5, 0.6) is 0 Å². The van der Waals surface area contributed by atoms with Gasteiger partial charge in [-0.15, -0.1) is 0 Å². The summed E-state index contributed by atoms with van der Waals surface area (Å²) in [5, 5.41) is 7.45. The lowest BCUT2D eigenvalue weighted by molar-refractivity contribution is -0.140. The summed E-state index contributed by atoms with van der Waals surface area (Å²) in [6.45, 7) is 6.75. The van der Waals surface area contributed by atoms with Crippen LogP contribution in [0.3, 0.4) is 0 Å². The molecule has 0 bridgehead atoms. The topological polar surface area (TPSA) is 77.3 Å². The Balaban J connectivity index is 1.96. The SMILES string of the molecule is CCOC(OCC)c1cnc(Nc2cnn(CCN(C)C)c2)nc1. The zero-order valence-electron chi connectivity index (χ0n) is 14.8. The van der Waals surface area contributed by atoms with E-state index in [1.807, 2.05) is 38.8 Å². The minimum atomic E-state index is -0.428. The van der Waals surface area contributed by atoms with Gasteiger partial charge in [0.1, 0.15) is 0 Å². The summed E-state index contributed by atoms with van der Waals surface area (Å²) in [4.78, 5) is 10.7. The highest BCUT2D eigenvalue weighted by Gasteiger charge is 2.12. The molecule has 0 amide bonds. The first kappa shape index (κ1) is 18.3. The number of nitrogens with zero attached hydrogens (tertiary/aromatic N) is 5. The second-order valence-corrected chi connectivity index (χ2v) is 5.50. The molecule has 8 nitrogen and oxygen atoms in total. The monoisotopic (exact) mass is 334 g/mol. The number of likely N-dealkylation sites (N-methyl/N-ethyl adjacent to an activating group) is 1. The fourth-order valence-electron chi connectivity index (χ4n) is 2.05. The third kappa shape index (κ3) is 5.55. The van der Waals surface area contributed by atoms with E-state index >= 15 is 0 Å². The van der Waals surface area contributed by atoms with Gasteiger partial charge in [0, 0.05) is 43.9 Å². The van der Waals surface area contributed by atoms with E-state index in [2.05, 4.69) is 25.3 Å². The van der Waals surface area contributed by atoms with Crippen LogP contribution < -0.4 is 5.32 Å². The highest BCUT2D eigenvalue weighted by Crippen LogP contribution is 2.19. The van der Waals surface area contributed by atoms with E-state index in [9.17, 15) is 0 Å². The van der Waals surface area contributed by atoms with E-state index in [-0.39, 0.29) is 0 Å². The average molecular weight is 334 g/mol. The van der Waals surface area contributed by atoms with Crippen LogP contribution in [0, 0.1) is 0 Å². The van der Waals surface area contributed by atoms with E-state index in [0.29, 0.717) is 19.2 Å². The summed E-state index contributed by atoms with van der Waals surface area (Å²) < 4.78 is 13.0. The molecule has 2 aromatic rings. The molecule has 132 valence electrons. The molecule has 2 rings (SSSR count). The van der Waals surface area contributed by atoms with Crippen LogP contribution in [0.4, 0.5) is 11.6 Å². The van der Waals surface area contributed by atoms with E-state index in [1.54, 1.807) is 18.6 Å². The van der Waals surface area contributed by atoms with Crippen molar-refractivity contribution in [3.8, 4) is 0 Å². The lowest BCUT2D eigenvalue weighted by Crippen LogP contribution is -2.18. The normalized spacial score (nSPS) is 11.4. The number of rotatable bonds is 10. The molecule has 0 spiro atoms. The maximum absolute atomic E-state index is 5.54. The first-order chi connectivity index (χ1) is 11.6. The van der Waals surface area contributed by atoms with E-state index < -0.39 is 6.29 Å². The maximum Gasteiger partial charge on any atom is 0.227 e. The van der Waals surface area contributed by atoms with Crippen molar-refractivity contribution in [2.24, 2.45) is 0 Å². The van der Waals surface area contributed by atoms with Crippen molar-refractivity contribution < 1.29 is 9.47 Å². The van der Waals surface area contributed by atoms with Crippen LogP contribution >= 0.6 is 0 Å². The molecule has 0 saturated heterocycles. The van der Waals surface area contributed by atoms with Gasteiger partial charge < -0.3 is 19.7 Å². The van der Waals surface area contributed by atoms with Crippen molar-refractivity contribution in [3.05, 3.63) is 30.4 Å². The molecule has 0 aliphatic carbocycles. The van der Waals surface area contributed by atoms with Crippen LogP contribution in [-0.2, 0) is 16.0 Å². The molecular weight excluding hydrogens is 308 g/mol. The molecule has 0 aliphatic heterocycles. The second kappa shape index (κ2) is 9.31. The zero-order chi connectivity index (χ0) is 17.4. The molecule has 0 atom stereocenters. The Labute approximate surface area is 142 Å². The average Bonchev–Trinajstić information content (AvgIpc) is 3.01. The number of hydrogen-bond acceptors (Lipinski definition) is 7. The molecule has 0 aromatic carbocycles. The largest absolute Gasteiger partial charge is 0.349 e. The molecule has 1 N–H and O–H groups in total. The molecule has 8 heteroatoms. The molecule has 0 unspecified atom stereocenters. The van der Waals surface area contributed by atoms with Crippen molar-refractivity contribution in [2.75, 3.05) is 39.2 Å². The fraction of sp³-hybridized carbons (Fsp3) is 0.562. The Morgan fingerprint density at radius 1 is 1.12 bits per heavy atom. The lowest BCUT2D eigenvalue weighted by Gasteiger charge is -2.16. The molecule has 0 fully saturated rings. The van der Waals surface area contributed by atoms with Gasteiger partial charge in [-0.25, -0.2) is 9.97 Å². The van der Waals surface area contributed by atoms with E-state index in [0.717, 1.165) is 24.3 Å². The Hall–Kier alpha value is -2.03. The Bertz CT molecular complexity index is 593. The van der Waals surface area contributed by atoms with Gasteiger partial charge in [0.15, 0.2) is 6.29 Å². The van der Waals surface area contributed by atoms with Crippen molar-refractivity contribution in [2.45, 2.75) is 26.7 Å². The third-order valence-corrected chi connectivity index (χ3v) is 3.25. The van der Waals surface area contributed by atoms with Crippen LogP contribution in [0.15, 0.2) is 24.8 Å². The van der Waals surface area contributed by atoms with Gasteiger partial charge in [0.05, 0.1) is 18.4 Å². The number of nitrogens with one attached hydrogen (secondary N) is 1. The van der Waals surface area contributed by atoms with Crippen molar-refractivity contribution in [3.63, 3.8) is 0 Å². The van der Waals surface area contributed by atoms with Crippen molar-refractivity contribution in [1.29, 1.82) is 0 Å². The van der Waals surface area contributed by atoms with Gasteiger partial charge >= 0.3 is 0 Å². The summed E-state index contributed by atoms with van der Waals surface area (Å²) in [7, 11) is 4.08. The first-order valence-electron chi connectivity index (χ1n) is 8.11. The van der Waals surface area contributed by atoms with Gasteiger partial charge in [-0.1, -0.05) is 0 Å². The van der Waals surface area contributed by atoms with Gasteiger partial charge in [0.2, 0.25) is 5.95 Å². The van der Waals surface area contributed by atoms with Crippen LogP contribution in [0.2, 0.25) is 0 Å². The van der Waals surface area contributed by atoms with Gasteiger partial charge in [-0.3, -0.25) is 4.68 Å². The Morgan fingerprint density at radius 3 is 2.38 bits per heavy atom. The number of aromatic nitrogens is 4. The summed E-state index contributed by atoms with van der Waals surface area (Å²) >= 11 is 0. The zero-order valence-corrected chi connectivity index (χ0v) is 14.8. The predicted octanol–water partition coefficient (Wildman–Crippen LogP) is 2.05. The molecule has 0 saturated carbocycles. The molecule has 2 heterocycles. The third-order valence-electron chi connectivity index (χ3n) is 3.25. The molecule has 24 heavy (non-hydrogen) atoms. The van der Waals surface area contributed by atoms with Crippen molar-refractivity contribution >= 4 is 11.6 Å². The van der Waals surface area contributed by atoms with E-state index in [4.69, 9.17) is 9.47 Å². The number of anilines is 2. The van der Waals surface area contributed by atoms with Gasteiger partial charge in [-0.05, 0) is 27.9 Å². The van der Waals surface area contributed by atoms with Gasteiger partial charge in [0.25, 0.3) is 0 Å². The Kier molecular flexibility index (Phi) is 7.10. The number of ether oxygens (including phenoxy) is 2. The second-order valence-electron chi connectivity index (χ2n) is 5.50. The quantitative estimate of drug-likeness (QED) is 0.666. The van der Waals surface area contributed by atoms with Crippen LogP contribution in [-0.4, -0.2) is 58.5 Å². The van der Waals surface area contributed by atoms with E-state index in [1.165, 1.54) is 0 Å².